The van der Waals surface area contributed by atoms with E-state index < -0.39 is 0 Å². The Balaban J connectivity index is 2.06. The van der Waals surface area contributed by atoms with Gasteiger partial charge in [0, 0.05) is 5.92 Å². The standard InChI is InChI=1S/C15H26/c1-4-13(3)7-6-8-15-11-9-14(5-2)10-12-15/h2,13-15H,4,6-12H2,1,3H3. The molecule has 1 aliphatic rings. The van der Waals surface area contributed by atoms with E-state index in [1.807, 2.05) is 0 Å². The second-order valence-electron chi connectivity index (χ2n) is 5.33. The van der Waals surface area contributed by atoms with E-state index in [1.165, 1.54) is 51.4 Å². The average Bonchev–Trinajstić information content (AvgIpc) is 2.29. The molecule has 0 bridgehead atoms. The van der Waals surface area contributed by atoms with Gasteiger partial charge in [0.2, 0.25) is 0 Å². The Morgan fingerprint density at radius 1 is 1.27 bits per heavy atom. The summed E-state index contributed by atoms with van der Waals surface area (Å²) in [6, 6.07) is 0. The number of hydrogen-bond donors (Lipinski definition) is 0. The van der Waals surface area contributed by atoms with Gasteiger partial charge in [-0.2, -0.15) is 0 Å². The predicted molar refractivity (Wildman–Crippen MR) is 67.6 cm³/mol. The molecule has 0 aromatic carbocycles. The fraction of sp³-hybridized carbons (Fsp3) is 0.867. The molecule has 0 N–H and O–H groups in total. The normalized spacial score (nSPS) is 28.3. The molecule has 1 aliphatic carbocycles. The summed E-state index contributed by atoms with van der Waals surface area (Å²) in [7, 11) is 0. The monoisotopic (exact) mass is 206 g/mol. The minimum Gasteiger partial charge on any atom is -0.120 e. The zero-order valence-corrected chi connectivity index (χ0v) is 10.5. The summed E-state index contributed by atoms with van der Waals surface area (Å²) in [6.07, 6.45) is 16.4. The van der Waals surface area contributed by atoms with Crippen molar-refractivity contribution in [3.8, 4) is 12.3 Å². The maximum atomic E-state index is 5.46. The molecule has 1 atom stereocenters. The summed E-state index contributed by atoms with van der Waals surface area (Å²) in [5.41, 5.74) is 0. The third-order valence-corrected chi connectivity index (χ3v) is 4.09. The molecule has 0 amide bonds. The topological polar surface area (TPSA) is 0 Å². The SMILES string of the molecule is C#CC1CCC(CCCC(C)CC)CC1. The Hall–Kier alpha value is -0.440. The molecular weight excluding hydrogens is 180 g/mol. The van der Waals surface area contributed by atoms with Crippen molar-refractivity contribution < 1.29 is 0 Å². The minimum atomic E-state index is 0.593. The zero-order valence-electron chi connectivity index (χ0n) is 10.5. The van der Waals surface area contributed by atoms with E-state index in [9.17, 15) is 0 Å². The fourth-order valence-corrected chi connectivity index (χ4v) is 2.58. The first-order chi connectivity index (χ1) is 7.26. The Labute approximate surface area is 95.8 Å². The van der Waals surface area contributed by atoms with Crippen LogP contribution in [0.1, 0.15) is 65.2 Å². The van der Waals surface area contributed by atoms with Crippen molar-refractivity contribution in [2.24, 2.45) is 17.8 Å². The minimum absolute atomic E-state index is 0.593. The zero-order chi connectivity index (χ0) is 11.1. The molecular formula is C15H26. The molecule has 1 unspecified atom stereocenters. The summed E-state index contributed by atoms with van der Waals surface area (Å²) in [4.78, 5) is 0. The van der Waals surface area contributed by atoms with Gasteiger partial charge >= 0.3 is 0 Å². The van der Waals surface area contributed by atoms with Crippen molar-refractivity contribution >= 4 is 0 Å². The second-order valence-corrected chi connectivity index (χ2v) is 5.33. The van der Waals surface area contributed by atoms with Crippen LogP contribution in [0.3, 0.4) is 0 Å². The summed E-state index contributed by atoms with van der Waals surface area (Å²) < 4.78 is 0. The van der Waals surface area contributed by atoms with Crippen LogP contribution in [-0.2, 0) is 0 Å². The quantitative estimate of drug-likeness (QED) is 0.575. The lowest BCUT2D eigenvalue weighted by atomic mass is 9.80. The molecule has 1 rings (SSSR count). The van der Waals surface area contributed by atoms with Crippen molar-refractivity contribution in [1.29, 1.82) is 0 Å². The van der Waals surface area contributed by atoms with Crippen LogP contribution in [0, 0.1) is 30.1 Å². The van der Waals surface area contributed by atoms with Crippen molar-refractivity contribution in [3.05, 3.63) is 0 Å². The van der Waals surface area contributed by atoms with E-state index in [1.54, 1.807) is 0 Å². The Morgan fingerprint density at radius 3 is 2.47 bits per heavy atom. The summed E-state index contributed by atoms with van der Waals surface area (Å²) in [5, 5.41) is 0. The maximum Gasteiger partial charge on any atom is 0.0200 e. The Bertz CT molecular complexity index is 191. The first-order valence-electron chi connectivity index (χ1n) is 6.72. The van der Waals surface area contributed by atoms with Gasteiger partial charge in [-0.3, -0.25) is 0 Å². The van der Waals surface area contributed by atoms with E-state index in [-0.39, 0.29) is 0 Å². The molecule has 0 saturated heterocycles. The molecule has 1 saturated carbocycles. The van der Waals surface area contributed by atoms with Crippen LogP contribution in [0.5, 0.6) is 0 Å². The third-order valence-electron chi connectivity index (χ3n) is 4.09. The second kappa shape index (κ2) is 6.94. The first-order valence-corrected chi connectivity index (χ1v) is 6.72. The predicted octanol–water partition coefficient (Wildman–Crippen LogP) is 4.64. The van der Waals surface area contributed by atoms with Crippen molar-refractivity contribution in [1.82, 2.24) is 0 Å². The van der Waals surface area contributed by atoms with Crippen LogP contribution in [0.2, 0.25) is 0 Å². The largest absolute Gasteiger partial charge is 0.120 e. The maximum absolute atomic E-state index is 5.46. The Kier molecular flexibility index (Phi) is 5.84. The van der Waals surface area contributed by atoms with Gasteiger partial charge in [0.15, 0.2) is 0 Å². The smallest absolute Gasteiger partial charge is 0.0200 e. The van der Waals surface area contributed by atoms with Gasteiger partial charge in [-0.05, 0) is 37.5 Å². The van der Waals surface area contributed by atoms with Crippen molar-refractivity contribution in [3.63, 3.8) is 0 Å². The molecule has 0 heterocycles. The molecule has 1 fully saturated rings. The lowest BCUT2D eigenvalue weighted by molar-refractivity contribution is 0.288. The van der Waals surface area contributed by atoms with Crippen LogP contribution in [0.15, 0.2) is 0 Å². The average molecular weight is 206 g/mol. The third kappa shape index (κ3) is 4.74. The van der Waals surface area contributed by atoms with Crippen molar-refractivity contribution in [2.45, 2.75) is 65.2 Å². The molecule has 0 heteroatoms. The van der Waals surface area contributed by atoms with E-state index in [4.69, 9.17) is 6.42 Å². The highest BCUT2D eigenvalue weighted by Crippen LogP contribution is 2.31. The molecule has 0 radical (unpaired) electrons. The first kappa shape index (κ1) is 12.6. The van der Waals surface area contributed by atoms with Gasteiger partial charge in [-0.15, -0.1) is 12.3 Å². The van der Waals surface area contributed by atoms with E-state index >= 15 is 0 Å². The number of hydrogen-bond acceptors (Lipinski definition) is 0. The molecule has 0 aliphatic heterocycles. The van der Waals surface area contributed by atoms with Gasteiger partial charge in [0.1, 0.15) is 0 Å². The van der Waals surface area contributed by atoms with Gasteiger partial charge in [-0.25, -0.2) is 0 Å². The molecule has 15 heavy (non-hydrogen) atoms. The summed E-state index contributed by atoms with van der Waals surface area (Å²) in [5.74, 6) is 5.41. The molecule has 0 spiro atoms. The summed E-state index contributed by atoms with van der Waals surface area (Å²) in [6.45, 7) is 4.66. The highest BCUT2D eigenvalue weighted by Gasteiger charge is 2.19. The number of terminal acetylenes is 1. The highest BCUT2D eigenvalue weighted by atomic mass is 14.2. The van der Waals surface area contributed by atoms with Crippen molar-refractivity contribution in [2.75, 3.05) is 0 Å². The molecule has 0 aromatic heterocycles. The molecule has 0 nitrogen and oxygen atoms in total. The Morgan fingerprint density at radius 2 is 1.93 bits per heavy atom. The van der Waals surface area contributed by atoms with Crippen LogP contribution in [-0.4, -0.2) is 0 Å². The lowest BCUT2D eigenvalue weighted by Gasteiger charge is -2.25. The van der Waals surface area contributed by atoms with Gasteiger partial charge in [0.05, 0.1) is 0 Å². The summed E-state index contributed by atoms with van der Waals surface area (Å²) >= 11 is 0. The lowest BCUT2D eigenvalue weighted by Crippen LogP contribution is -2.13. The molecule has 0 aromatic rings. The van der Waals surface area contributed by atoms with E-state index in [2.05, 4.69) is 19.8 Å². The fourth-order valence-electron chi connectivity index (χ4n) is 2.58. The van der Waals surface area contributed by atoms with Crippen LogP contribution < -0.4 is 0 Å². The van der Waals surface area contributed by atoms with Crippen LogP contribution >= 0.6 is 0 Å². The highest BCUT2D eigenvalue weighted by molar-refractivity contribution is 4.95. The van der Waals surface area contributed by atoms with Crippen LogP contribution in [0.25, 0.3) is 0 Å². The van der Waals surface area contributed by atoms with Gasteiger partial charge < -0.3 is 0 Å². The van der Waals surface area contributed by atoms with Gasteiger partial charge in [-0.1, -0.05) is 39.5 Å². The molecule has 86 valence electrons. The number of rotatable bonds is 5. The van der Waals surface area contributed by atoms with Crippen LogP contribution in [0.4, 0.5) is 0 Å². The van der Waals surface area contributed by atoms with E-state index in [0.717, 1.165) is 11.8 Å². The van der Waals surface area contributed by atoms with E-state index in [0.29, 0.717) is 5.92 Å². The van der Waals surface area contributed by atoms with Gasteiger partial charge in [0.25, 0.3) is 0 Å².